The van der Waals surface area contributed by atoms with Crippen molar-refractivity contribution in [3.05, 3.63) is 35.7 Å². The molecule has 1 saturated heterocycles. The molecule has 0 aliphatic carbocycles. The maximum absolute atomic E-state index is 11.8. The Morgan fingerprint density at radius 3 is 2.74 bits per heavy atom. The summed E-state index contributed by atoms with van der Waals surface area (Å²) >= 11 is 0. The second kappa shape index (κ2) is 6.50. The van der Waals surface area contributed by atoms with Crippen LogP contribution in [0.4, 0.5) is 0 Å². The Bertz CT molecular complexity index is 678. The van der Waals surface area contributed by atoms with Gasteiger partial charge in [-0.25, -0.2) is 0 Å². The lowest BCUT2D eigenvalue weighted by atomic mass is 10.0. The number of hydrogen-bond donors (Lipinski definition) is 0. The van der Waals surface area contributed by atoms with Gasteiger partial charge in [0.05, 0.1) is 0 Å². The van der Waals surface area contributed by atoms with Gasteiger partial charge in [0.25, 0.3) is 0 Å². The summed E-state index contributed by atoms with van der Waals surface area (Å²) in [5.41, 5.74) is 2.16. The summed E-state index contributed by atoms with van der Waals surface area (Å²) in [5, 5.41) is 4.08. The predicted octanol–water partition coefficient (Wildman–Crippen LogP) is 2.48. The number of likely N-dealkylation sites (tertiary alicyclic amines) is 1. The monoisotopic (exact) mass is 314 g/mol. The van der Waals surface area contributed by atoms with Crippen LogP contribution in [0.5, 0.6) is 0 Å². The van der Waals surface area contributed by atoms with Gasteiger partial charge in [-0.1, -0.05) is 29.4 Å². The summed E-state index contributed by atoms with van der Waals surface area (Å²) in [6.45, 7) is 0.896. The second-order valence-corrected chi connectivity index (χ2v) is 6.30. The van der Waals surface area contributed by atoms with Gasteiger partial charge in [0.15, 0.2) is 0 Å². The Morgan fingerprint density at radius 2 is 2.04 bits per heavy atom. The maximum Gasteiger partial charge on any atom is 0.249 e. The average Bonchev–Trinajstić information content (AvgIpc) is 3.00. The van der Waals surface area contributed by atoms with Crippen LogP contribution in [0, 0.1) is 0 Å². The Hall–Kier alpha value is -2.21. The van der Waals surface area contributed by atoms with Crippen molar-refractivity contribution >= 4 is 5.91 Å². The van der Waals surface area contributed by atoms with Crippen molar-refractivity contribution < 1.29 is 9.32 Å². The first-order valence-corrected chi connectivity index (χ1v) is 7.88. The van der Waals surface area contributed by atoms with E-state index in [1.165, 1.54) is 5.56 Å². The second-order valence-electron chi connectivity index (χ2n) is 6.30. The zero-order chi connectivity index (χ0) is 16.4. The number of hydrogen-bond acceptors (Lipinski definition) is 5. The van der Waals surface area contributed by atoms with Crippen molar-refractivity contribution in [2.24, 2.45) is 0 Å². The predicted molar refractivity (Wildman–Crippen MR) is 86.5 cm³/mol. The van der Waals surface area contributed by atoms with Crippen LogP contribution >= 0.6 is 0 Å². The molecule has 1 aliphatic rings. The van der Waals surface area contributed by atoms with Gasteiger partial charge in [-0.2, -0.15) is 4.98 Å². The van der Waals surface area contributed by atoms with Crippen LogP contribution in [-0.2, 0) is 11.3 Å². The molecule has 1 amide bonds. The van der Waals surface area contributed by atoms with E-state index in [-0.39, 0.29) is 11.9 Å². The van der Waals surface area contributed by atoms with Gasteiger partial charge >= 0.3 is 0 Å². The van der Waals surface area contributed by atoms with Crippen molar-refractivity contribution in [1.82, 2.24) is 19.9 Å². The lowest BCUT2D eigenvalue weighted by Gasteiger charge is -2.29. The number of piperidine rings is 1. The summed E-state index contributed by atoms with van der Waals surface area (Å²) in [6, 6.07) is 8.04. The van der Waals surface area contributed by atoms with E-state index < -0.39 is 0 Å². The normalized spacial score (nSPS) is 18.7. The Morgan fingerprint density at radius 1 is 1.30 bits per heavy atom. The van der Waals surface area contributed by atoms with Crippen LogP contribution < -0.4 is 0 Å². The Labute approximate surface area is 136 Å². The molecule has 1 aliphatic heterocycles. The summed E-state index contributed by atoms with van der Waals surface area (Å²) < 4.78 is 5.41. The van der Waals surface area contributed by atoms with Crippen molar-refractivity contribution in [2.75, 3.05) is 21.1 Å². The highest BCUT2D eigenvalue weighted by Crippen LogP contribution is 2.30. The molecule has 0 N–H and O–H groups in total. The molecular weight excluding hydrogens is 292 g/mol. The van der Waals surface area contributed by atoms with Crippen molar-refractivity contribution in [1.29, 1.82) is 0 Å². The van der Waals surface area contributed by atoms with Crippen molar-refractivity contribution in [3.63, 3.8) is 0 Å². The van der Waals surface area contributed by atoms with E-state index in [0.29, 0.717) is 18.1 Å². The molecular formula is C17H22N4O2. The number of nitrogens with zero attached hydrogens (tertiary/aromatic N) is 4. The zero-order valence-electron chi connectivity index (χ0n) is 13.8. The fourth-order valence-electron chi connectivity index (χ4n) is 2.89. The first kappa shape index (κ1) is 15.7. The first-order chi connectivity index (χ1) is 11.0. The van der Waals surface area contributed by atoms with Crippen LogP contribution in [-0.4, -0.2) is 47.0 Å². The maximum atomic E-state index is 11.8. The summed E-state index contributed by atoms with van der Waals surface area (Å²) in [7, 11) is 5.88. The van der Waals surface area contributed by atoms with Gasteiger partial charge in [-0.15, -0.1) is 0 Å². The van der Waals surface area contributed by atoms with Crippen LogP contribution in [0.1, 0.15) is 36.8 Å². The van der Waals surface area contributed by atoms with Crippen LogP contribution in [0.2, 0.25) is 0 Å². The summed E-state index contributed by atoms with van der Waals surface area (Å²) in [6.07, 6.45) is 2.33. The third-order valence-corrected chi connectivity index (χ3v) is 4.17. The topological polar surface area (TPSA) is 62.5 Å². The third-order valence-electron chi connectivity index (χ3n) is 4.17. The van der Waals surface area contributed by atoms with Gasteiger partial charge in [0.2, 0.25) is 17.6 Å². The molecule has 1 aromatic heterocycles. The van der Waals surface area contributed by atoms with E-state index in [9.17, 15) is 4.79 Å². The molecule has 0 spiro atoms. The van der Waals surface area contributed by atoms with E-state index in [0.717, 1.165) is 24.9 Å². The van der Waals surface area contributed by atoms with Gasteiger partial charge in [-0.05, 0) is 32.5 Å². The van der Waals surface area contributed by atoms with Gasteiger partial charge < -0.3 is 14.3 Å². The molecule has 2 aromatic rings. The molecule has 6 nitrogen and oxygen atoms in total. The van der Waals surface area contributed by atoms with Crippen LogP contribution in [0.25, 0.3) is 11.4 Å². The smallest absolute Gasteiger partial charge is 0.249 e. The molecule has 2 heterocycles. The van der Waals surface area contributed by atoms with Gasteiger partial charge in [0.1, 0.15) is 6.04 Å². The lowest BCUT2D eigenvalue weighted by Crippen LogP contribution is -2.34. The Kier molecular flexibility index (Phi) is 4.43. The van der Waals surface area contributed by atoms with Crippen LogP contribution in [0.3, 0.4) is 0 Å². The van der Waals surface area contributed by atoms with E-state index in [2.05, 4.69) is 27.2 Å². The molecule has 23 heavy (non-hydrogen) atoms. The Balaban J connectivity index is 1.77. The molecule has 3 rings (SSSR count). The molecule has 1 unspecified atom stereocenters. The first-order valence-electron chi connectivity index (χ1n) is 7.88. The van der Waals surface area contributed by atoms with E-state index in [1.807, 2.05) is 26.2 Å². The number of benzene rings is 1. The molecule has 0 bridgehead atoms. The third kappa shape index (κ3) is 3.42. The summed E-state index contributed by atoms with van der Waals surface area (Å²) in [4.78, 5) is 20.1. The molecule has 1 aromatic carbocycles. The standard InChI is InChI=1S/C17H22N4O2/c1-20(2)11-12-7-9-13(10-8-12)16-18-17(23-19-16)14-5-4-6-15(22)21(14)3/h7-10,14H,4-6,11H2,1-3H3. The molecule has 122 valence electrons. The minimum absolute atomic E-state index is 0.106. The number of carbonyl (C=O) groups is 1. The molecule has 0 radical (unpaired) electrons. The highest BCUT2D eigenvalue weighted by molar-refractivity contribution is 5.77. The average molecular weight is 314 g/mol. The van der Waals surface area contributed by atoms with Crippen molar-refractivity contribution in [3.8, 4) is 11.4 Å². The van der Waals surface area contributed by atoms with Gasteiger partial charge in [-0.3, -0.25) is 4.79 Å². The van der Waals surface area contributed by atoms with E-state index in [1.54, 1.807) is 11.9 Å². The zero-order valence-corrected chi connectivity index (χ0v) is 13.8. The van der Waals surface area contributed by atoms with E-state index in [4.69, 9.17) is 4.52 Å². The lowest BCUT2D eigenvalue weighted by molar-refractivity contribution is -0.135. The number of amides is 1. The number of carbonyl (C=O) groups excluding carboxylic acids is 1. The highest BCUT2D eigenvalue weighted by Gasteiger charge is 2.30. The SMILES string of the molecule is CN(C)Cc1ccc(-c2noc(C3CCCC(=O)N3C)n2)cc1. The molecule has 1 atom stereocenters. The minimum atomic E-state index is -0.106. The fraction of sp³-hybridized carbons (Fsp3) is 0.471. The molecule has 6 heteroatoms. The molecule has 1 fully saturated rings. The summed E-state index contributed by atoms with van der Waals surface area (Å²) in [5.74, 6) is 1.23. The largest absolute Gasteiger partial charge is 0.337 e. The fourth-order valence-corrected chi connectivity index (χ4v) is 2.89. The highest BCUT2D eigenvalue weighted by atomic mass is 16.5. The molecule has 0 saturated carbocycles. The number of rotatable bonds is 4. The van der Waals surface area contributed by atoms with Crippen LogP contribution in [0.15, 0.2) is 28.8 Å². The number of aromatic nitrogens is 2. The minimum Gasteiger partial charge on any atom is -0.337 e. The van der Waals surface area contributed by atoms with E-state index >= 15 is 0 Å². The quantitative estimate of drug-likeness (QED) is 0.867. The van der Waals surface area contributed by atoms with Gasteiger partial charge in [0, 0.05) is 25.6 Å². The van der Waals surface area contributed by atoms with Crippen molar-refractivity contribution in [2.45, 2.75) is 31.8 Å².